The lowest BCUT2D eigenvalue weighted by atomic mass is 9.98. The first-order valence-corrected chi connectivity index (χ1v) is 8.45. The quantitative estimate of drug-likeness (QED) is 0.784. The number of hydrogen-bond donors (Lipinski definition) is 1. The van der Waals surface area contributed by atoms with Crippen LogP contribution in [0.5, 0.6) is 5.75 Å². The van der Waals surface area contributed by atoms with E-state index in [1.807, 2.05) is 35.2 Å². The summed E-state index contributed by atoms with van der Waals surface area (Å²) in [6.07, 6.45) is 5.10. The second kappa shape index (κ2) is 6.48. The summed E-state index contributed by atoms with van der Waals surface area (Å²) in [5.41, 5.74) is 4.39. The zero-order valence-electron chi connectivity index (χ0n) is 14.2. The lowest BCUT2D eigenvalue weighted by Crippen LogP contribution is -2.34. The van der Waals surface area contributed by atoms with Crippen molar-refractivity contribution in [1.29, 1.82) is 0 Å². The van der Waals surface area contributed by atoms with Gasteiger partial charge < -0.3 is 14.6 Å². The molecule has 4 nitrogen and oxygen atoms in total. The fourth-order valence-electron chi connectivity index (χ4n) is 3.35. The molecule has 1 N–H and O–H groups in total. The fraction of sp³-hybridized carbons (Fsp3) is 0.190. The number of nitrogens with zero attached hydrogens (tertiary/aromatic N) is 1. The SMILES string of the molecule is COc1ccc(C(=O)N2CC=C(c3c[nH]c4ccccc34)CC2)cc1. The van der Waals surface area contributed by atoms with Crippen LogP contribution in [0.2, 0.25) is 0 Å². The van der Waals surface area contributed by atoms with Crippen LogP contribution in [0.4, 0.5) is 0 Å². The maximum Gasteiger partial charge on any atom is 0.254 e. The van der Waals surface area contributed by atoms with E-state index < -0.39 is 0 Å². The number of fused-ring (bicyclic) bond motifs is 1. The van der Waals surface area contributed by atoms with Crippen LogP contribution in [-0.4, -0.2) is 36.0 Å². The lowest BCUT2D eigenvalue weighted by Gasteiger charge is -2.26. The highest BCUT2D eigenvalue weighted by Gasteiger charge is 2.20. The van der Waals surface area contributed by atoms with Crippen LogP contribution in [0, 0.1) is 0 Å². The van der Waals surface area contributed by atoms with Crippen molar-refractivity contribution in [3.05, 3.63) is 71.9 Å². The molecule has 4 heteroatoms. The summed E-state index contributed by atoms with van der Waals surface area (Å²) in [7, 11) is 1.62. The van der Waals surface area contributed by atoms with Crippen molar-refractivity contribution in [2.24, 2.45) is 0 Å². The molecular formula is C21H20N2O2. The van der Waals surface area contributed by atoms with Gasteiger partial charge in [0.1, 0.15) is 5.75 Å². The Morgan fingerprint density at radius 3 is 2.64 bits per heavy atom. The Hall–Kier alpha value is -3.01. The Morgan fingerprint density at radius 2 is 1.92 bits per heavy atom. The second-order valence-electron chi connectivity index (χ2n) is 6.21. The zero-order chi connectivity index (χ0) is 17.2. The molecule has 1 amide bonds. The van der Waals surface area contributed by atoms with Crippen LogP contribution >= 0.6 is 0 Å². The van der Waals surface area contributed by atoms with Gasteiger partial charge in [-0.25, -0.2) is 0 Å². The molecule has 0 saturated carbocycles. The molecule has 1 aromatic heterocycles. The number of aromatic nitrogens is 1. The molecule has 0 radical (unpaired) electrons. The Kier molecular flexibility index (Phi) is 4.02. The van der Waals surface area contributed by atoms with Gasteiger partial charge in [0, 0.05) is 41.3 Å². The van der Waals surface area contributed by atoms with Crippen LogP contribution in [0.15, 0.2) is 60.8 Å². The predicted molar refractivity (Wildman–Crippen MR) is 99.8 cm³/mol. The van der Waals surface area contributed by atoms with E-state index in [1.165, 1.54) is 16.5 Å². The normalized spacial score (nSPS) is 14.4. The first kappa shape index (κ1) is 15.5. The summed E-state index contributed by atoms with van der Waals surface area (Å²) in [6, 6.07) is 15.6. The number of H-pyrrole nitrogens is 1. The van der Waals surface area contributed by atoms with Crippen molar-refractivity contribution in [3.8, 4) is 5.75 Å². The van der Waals surface area contributed by atoms with Gasteiger partial charge in [-0.05, 0) is 42.3 Å². The van der Waals surface area contributed by atoms with Crippen molar-refractivity contribution in [1.82, 2.24) is 9.88 Å². The number of carbonyl (C=O) groups excluding carboxylic acids is 1. The average molecular weight is 332 g/mol. The third-order valence-corrected chi connectivity index (χ3v) is 4.77. The molecule has 0 atom stereocenters. The van der Waals surface area contributed by atoms with Crippen LogP contribution in [0.3, 0.4) is 0 Å². The summed E-state index contributed by atoms with van der Waals surface area (Å²) >= 11 is 0. The Bertz CT molecular complexity index is 938. The van der Waals surface area contributed by atoms with Gasteiger partial charge in [0.2, 0.25) is 0 Å². The van der Waals surface area contributed by atoms with E-state index in [9.17, 15) is 4.79 Å². The standard InChI is InChI=1S/C21H20N2O2/c1-25-17-8-6-16(7-9-17)21(24)23-12-10-15(11-13-23)19-14-22-20-5-3-2-4-18(19)20/h2-10,14,22H,11-13H2,1H3. The molecule has 4 rings (SSSR count). The highest BCUT2D eigenvalue weighted by Crippen LogP contribution is 2.29. The molecule has 2 heterocycles. The van der Waals surface area contributed by atoms with E-state index in [0.29, 0.717) is 12.1 Å². The number of nitrogens with one attached hydrogen (secondary N) is 1. The van der Waals surface area contributed by atoms with Gasteiger partial charge in [-0.3, -0.25) is 4.79 Å². The second-order valence-corrected chi connectivity index (χ2v) is 6.21. The smallest absolute Gasteiger partial charge is 0.254 e. The maximum atomic E-state index is 12.7. The van der Waals surface area contributed by atoms with Gasteiger partial charge in [-0.1, -0.05) is 24.3 Å². The number of ether oxygens (including phenoxy) is 1. The molecule has 1 aliphatic heterocycles. The van der Waals surface area contributed by atoms with Gasteiger partial charge in [0.15, 0.2) is 0 Å². The topological polar surface area (TPSA) is 45.3 Å². The van der Waals surface area contributed by atoms with Gasteiger partial charge in [0.05, 0.1) is 7.11 Å². The number of hydrogen-bond acceptors (Lipinski definition) is 2. The minimum Gasteiger partial charge on any atom is -0.497 e. The molecule has 0 fully saturated rings. The van der Waals surface area contributed by atoms with E-state index in [4.69, 9.17) is 4.74 Å². The van der Waals surface area contributed by atoms with Crippen LogP contribution < -0.4 is 4.74 Å². The van der Waals surface area contributed by atoms with Gasteiger partial charge in [-0.15, -0.1) is 0 Å². The van der Waals surface area contributed by atoms with Crippen molar-refractivity contribution >= 4 is 22.4 Å². The monoisotopic (exact) mass is 332 g/mol. The van der Waals surface area contributed by atoms with Gasteiger partial charge in [-0.2, -0.15) is 0 Å². The fourth-order valence-corrected chi connectivity index (χ4v) is 3.35. The van der Waals surface area contributed by atoms with E-state index in [-0.39, 0.29) is 5.91 Å². The molecule has 0 bridgehead atoms. The Labute approximate surface area is 146 Å². The van der Waals surface area contributed by atoms with E-state index >= 15 is 0 Å². The summed E-state index contributed by atoms with van der Waals surface area (Å²) in [5, 5.41) is 1.24. The lowest BCUT2D eigenvalue weighted by molar-refractivity contribution is 0.0773. The van der Waals surface area contributed by atoms with E-state index in [2.05, 4.69) is 35.5 Å². The minimum atomic E-state index is 0.0666. The van der Waals surface area contributed by atoms with Crippen molar-refractivity contribution in [2.75, 3.05) is 20.2 Å². The predicted octanol–water partition coefficient (Wildman–Crippen LogP) is 4.11. The van der Waals surface area contributed by atoms with Crippen LogP contribution in [0.1, 0.15) is 22.3 Å². The molecular weight excluding hydrogens is 312 g/mol. The highest BCUT2D eigenvalue weighted by atomic mass is 16.5. The number of carbonyl (C=O) groups is 1. The average Bonchev–Trinajstić information content (AvgIpc) is 3.12. The van der Waals surface area contributed by atoms with E-state index in [1.54, 1.807) is 7.11 Å². The van der Waals surface area contributed by atoms with Crippen molar-refractivity contribution in [2.45, 2.75) is 6.42 Å². The van der Waals surface area contributed by atoms with Crippen molar-refractivity contribution < 1.29 is 9.53 Å². The molecule has 3 aromatic rings. The number of methoxy groups -OCH3 is 1. The third kappa shape index (κ3) is 2.91. The number of aromatic amines is 1. The first-order valence-electron chi connectivity index (χ1n) is 8.45. The molecule has 0 spiro atoms. The Morgan fingerprint density at radius 1 is 1.12 bits per heavy atom. The first-order chi connectivity index (χ1) is 12.3. The molecule has 25 heavy (non-hydrogen) atoms. The van der Waals surface area contributed by atoms with Gasteiger partial charge >= 0.3 is 0 Å². The third-order valence-electron chi connectivity index (χ3n) is 4.77. The zero-order valence-corrected chi connectivity index (χ0v) is 14.2. The van der Waals surface area contributed by atoms with Gasteiger partial charge in [0.25, 0.3) is 5.91 Å². The summed E-state index contributed by atoms with van der Waals surface area (Å²) in [6.45, 7) is 1.37. The minimum absolute atomic E-state index is 0.0666. The molecule has 1 aliphatic rings. The molecule has 0 saturated heterocycles. The van der Waals surface area contributed by atoms with Crippen molar-refractivity contribution in [3.63, 3.8) is 0 Å². The summed E-state index contributed by atoms with van der Waals surface area (Å²) in [5.74, 6) is 0.827. The Balaban J connectivity index is 1.52. The number of benzene rings is 2. The number of amides is 1. The van der Waals surface area contributed by atoms with Crippen LogP contribution in [-0.2, 0) is 0 Å². The molecule has 2 aromatic carbocycles. The number of rotatable bonds is 3. The summed E-state index contributed by atoms with van der Waals surface area (Å²) in [4.78, 5) is 17.9. The summed E-state index contributed by atoms with van der Waals surface area (Å²) < 4.78 is 5.15. The highest BCUT2D eigenvalue weighted by molar-refractivity contribution is 5.96. The number of para-hydroxylation sites is 1. The largest absolute Gasteiger partial charge is 0.497 e. The molecule has 0 unspecified atom stereocenters. The maximum absolute atomic E-state index is 12.7. The van der Waals surface area contributed by atoms with E-state index in [0.717, 1.165) is 24.2 Å². The molecule has 0 aliphatic carbocycles. The van der Waals surface area contributed by atoms with Crippen LogP contribution in [0.25, 0.3) is 16.5 Å². The molecule has 126 valence electrons.